The molecule has 0 aliphatic carbocycles. The molecule has 1 radical (unpaired) electrons. The first kappa shape index (κ1) is 12.9. The highest BCUT2D eigenvalue weighted by molar-refractivity contribution is 5.82. The third-order valence-electron chi connectivity index (χ3n) is 1.76. The summed E-state index contributed by atoms with van der Waals surface area (Å²) < 4.78 is 0. The van der Waals surface area contributed by atoms with Crippen LogP contribution in [0.5, 0.6) is 0 Å². The Kier molecular flexibility index (Phi) is 6.74. The molecule has 0 rings (SSSR count). The summed E-state index contributed by atoms with van der Waals surface area (Å²) in [6, 6.07) is -0.406. The van der Waals surface area contributed by atoms with Crippen LogP contribution in [0.25, 0.3) is 0 Å². The first-order valence-electron chi connectivity index (χ1n) is 4.70. The van der Waals surface area contributed by atoms with Crippen molar-refractivity contribution in [3.05, 3.63) is 7.05 Å². The fraction of sp³-hybridized carbons (Fsp3) is 0.667. The molecule has 1 atom stereocenters. The quantitative estimate of drug-likeness (QED) is 0.532. The van der Waals surface area contributed by atoms with Gasteiger partial charge in [0.25, 0.3) is 0 Å². The number of hydrazine groups is 1. The lowest BCUT2D eigenvalue weighted by Crippen LogP contribution is -2.50. The summed E-state index contributed by atoms with van der Waals surface area (Å²) in [6.45, 7) is 3.42. The smallest absolute Gasteiger partial charge is 0.239 e. The molecule has 0 fully saturated rings. The van der Waals surface area contributed by atoms with Crippen LogP contribution in [0.1, 0.15) is 33.1 Å². The number of carbonyl (C=O) groups excluding carboxylic acids is 2. The predicted octanol–water partition coefficient (Wildman–Crippen LogP) is 0.0937. The van der Waals surface area contributed by atoms with Gasteiger partial charge in [-0.3, -0.25) is 15.0 Å². The van der Waals surface area contributed by atoms with E-state index in [1.54, 1.807) is 0 Å². The third kappa shape index (κ3) is 5.53. The van der Waals surface area contributed by atoms with E-state index >= 15 is 0 Å². The van der Waals surface area contributed by atoms with Crippen molar-refractivity contribution in [2.24, 2.45) is 0 Å². The Hall–Kier alpha value is -1.10. The van der Waals surface area contributed by atoms with E-state index < -0.39 is 6.04 Å². The maximum atomic E-state index is 11.2. The summed E-state index contributed by atoms with van der Waals surface area (Å²) in [5.74, 6) is -0.435. The Morgan fingerprint density at radius 2 is 2.07 bits per heavy atom. The second kappa shape index (κ2) is 7.32. The summed E-state index contributed by atoms with van der Waals surface area (Å²) in [5.41, 5.74) is 5.05. The first-order valence-corrected chi connectivity index (χ1v) is 4.70. The van der Waals surface area contributed by atoms with Gasteiger partial charge in [-0.15, -0.1) is 0 Å². The minimum atomic E-state index is -0.406. The number of hydrogen-bond acceptors (Lipinski definition) is 3. The summed E-state index contributed by atoms with van der Waals surface area (Å²) in [7, 11) is 3.29. The Morgan fingerprint density at radius 3 is 2.50 bits per heavy atom. The molecule has 3 N–H and O–H groups in total. The molecule has 0 bridgehead atoms. The van der Waals surface area contributed by atoms with Crippen LogP contribution in [0, 0.1) is 7.05 Å². The Bertz CT molecular complexity index is 194. The monoisotopic (exact) mass is 200 g/mol. The van der Waals surface area contributed by atoms with Crippen molar-refractivity contribution in [2.75, 3.05) is 0 Å². The largest absolute Gasteiger partial charge is 0.353 e. The van der Waals surface area contributed by atoms with Crippen LogP contribution in [0.3, 0.4) is 0 Å². The van der Waals surface area contributed by atoms with Crippen molar-refractivity contribution in [2.45, 2.75) is 39.2 Å². The van der Waals surface area contributed by atoms with Gasteiger partial charge in [-0.05, 0) is 6.42 Å². The zero-order valence-corrected chi connectivity index (χ0v) is 8.72. The lowest BCUT2D eigenvalue weighted by atomic mass is 10.1. The van der Waals surface area contributed by atoms with Gasteiger partial charge in [0, 0.05) is 14.0 Å². The van der Waals surface area contributed by atoms with Gasteiger partial charge in [0.05, 0.1) is 0 Å². The molecule has 0 aliphatic rings. The molecular formula is C9H18N3O2. The van der Waals surface area contributed by atoms with E-state index in [0.29, 0.717) is 6.42 Å². The van der Waals surface area contributed by atoms with Crippen molar-refractivity contribution in [3.8, 4) is 0 Å². The van der Waals surface area contributed by atoms with Crippen LogP contribution in [0.2, 0.25) is 0 Å². The van der Waals surface area contributed by atoms with Gasteiger partial charge in [0.2, 0.25) is 11.8 Å². The molecule has 5 nitrogen and oxygen atoms in total. The van der Waals surface area contributed by atoms with Gasteiger partial charge < -0.3 is 5.32 Å². The maximum Gasteiger partial charge on any atom is 0.239 e. The Morgan fingerprint density at radius 1 is 1.43 bits per heavy atom. The second-order valence-electron chi connectivity index (χ2n) is 3.06. The molecule has 0 aromatic rings. The van der Waals surface area contributed by atoms with E-state index in [2.05, 4.69) is 23.2 Å². The van der Waals surface area contributed by atoms with E-state index in [-0.39, 0.29) is 11.8 Å². The molecule has 5 heteroatoms. The third-order valence-corrected chi connectivity index (χ3v) is 1.76. The molecule has 0 heterocycles. The summed E-state index contributed by atoms with van der Waals surface area (Å²) in [4.78, 5) is 21.9. The molecule has 0 aromatic carbocycles. The lowest BCUT2D eigenvalue weighted by molar-refractivity contribution is -0.124. The highest BCUT2D eigenvalue weighted by Gasteiger charge is 2.15. The van der Waals surface area contributed by atoms with Gasteiger partial charge in [-0.2, -0.15) is 0 Å². The molecule has 0 saturated carbocycles. The summed E-state index contributed by atoms with van der Waals surface area (Å²) in [6.07, 6.45) is 2.60. The van der Waals surface area contributed by atoms with Gasteiger partial charge in [0.1, 0.15) is 6.04 Å². The van der Waals surface area contributed by atoms with Gasteiger partial charge >= 0.3 is 0 Å². The molecule has 81 valence electrons. The Balaban J connectivity index is 3.96. The topological polar surface area (TPSA) is 70.2 Å². The standard InChI is InChI=1S/C9H18N3O2/c1-4-5-6-8(9(14)10-3)12-11-7(2)13/h8,12H,3-6H2,1-2H3,(H,10,14)(H,11,13). The number of unbranched alkanes of at least 4 members (excludes halogenated alkanes) is 1. The normalized spacial score (nSPS) is 11.9. The van der Waals surface area contributed by atoms with Gasteiger partial charge in [-0.1, -0.05) is 19.8 Å². The minimum absolute atomic E-state index is 0.216. The lowest BCUT2D eigenvalue weighted by Gasteiger charge is -2.16. The number of carbonyl (C=O) groups is 2. The fourth-order valence-corrected chi connectivity index (χ4v) is 0.989. The van der Waals surface area contributed by atoms with Crippen molar-refractivity contribution in [1.82, 2.24) is 16.2 Å². The van der Waals surface area contributed by atoms with Crippen molar-refractivity contribution in [1.29, 1.82) is 0 Å². The zero-order chi connectivity index (χ0) is 11.0. The Labute approximate surface area is 84.6 Å². The molecule has 14 heavy (non-hydrogen) atoms. The van der Waals surface area contributed by atoms with E-state index in [0.717, 1.165) is 12.8 Å². The molecule has 0 aromatic heterocycles. The molecular weight excluding hydrogens is 182 g/mol. The van der Waals surface area contributed by atoms with Crippen LogP contribution < -0.4 is 16.2 Å². The fourth-order valence-electron chi connectivity index (χ4n) is 0.989. The van der Waals surface area contributed by atoms with Gasteiger partial charge in [-0.25, -0.2) is 5.43 Å². The van der Waals surface area contributed by atoms with E-state index in [4.69, 9.17) is 0 Å². The highest BCUT2D eigenvalue weighted by Crippen LogP contribution is 1.99. The number of hydrogen-bond donors (Lipinski definition) is 3. The number of amides is 2. The van der Waals surface area contributed by atoms with Crippen LogP contribution >= 0.6 is 0 Å². The average molecular weight is 200 g/mol. The second-order valence-corrected chi connectivity index (χ2v) is 3.06. The SMILES string of the molecule is [CH2]NC(=O)C(CCCC)NNC(C)=O. The molecule has 2 amide bonds. The van der Waals surface area contributed by atoms with E-state index in [9.17, 15) is 9.59 Å². The van der Waals surface area contributed by atoms with Crippen molar-refractivity contribution >= 4 is 11.8 Å². The number of rotatable bonds is 6. The molecule has 0 saturated heterocycles. The van der Waals surface area contributed by atoms with Crippen LogP contribution in [-0.2, 0) is 9.59 Å². The maximum absolute atomic E-state index is 11.2. The van der Waals surface area contributed by atoms with E-state index in [1.807, 2.05) is 6.92 Å². The average Bonchev–Trinajstić information content (AvgIpc) is 2.16. The minimum Gasteiger partial charge on any atom is -0.353 e. The molecule has 0 aliphatic heterocycles. The molecule has 0 spiro atoms. The summed E-state index contributed by atoms with van der Waals surface area (Å²) in [5, 5.41) is 2.29. The van der Waals surface area contributed by atoms with Crippen LogP contribution in [-0.4, -0.2) is 17.9 Å². The molecule has 1 unspecified atom stereocenters. The number of nitrogens with one attached hydrogen (secondary N) is 3. The van der Waals surface area contributed by atoms with Crippen molar-refractivity contribution in [3.63, 3.8) is 0 Å². The van der Waals surface area contributed by atoms with E-state index in [1.165, 1.54) is 6.92 Å². The first-order chi connectivity index (χ1) is 6.61. The zero-order valence-electron chi connectivity index (χ0n) is 8.72. The van der Waals surface area contributed by atoms with Gasteiger partial charge in [0.15, 0.2) is 0 Å². The highest BCUT2D eigenvalue weighted by atomic mass is 16.2. The van der Waals surface area contributed by atoms with Crippen LogP contribution in [0.4, 0.5) is 0 Å². The van der Waals surface area contributed by atoms with Crippen molar-refractivity contribution < 1.29 is 9.59 Å². The van der Waals surface area contributed by atoms with Crippen LogP contribution in [0.15, 0.2) is 0 Å². The summed E-state index contributed by atoms with van der Waals surface area (Å²) >= 11 is 0. The predicted molar refractivity (Wildman–Crippen MR) is 53.8 cm³/mol.